The first-order valence-corrected chi connectivity index (χ1v) is 9.14. The number of carbonyl (C=O) groups is 3. The molecule has 1 aliphatic heterocycles. The molecule has 25 heavy (non-hydrogen) atoms. The van der Waals surface area contributed by atoms with Gasteiger partial charge in [0.25, 0.3) is 11.8 Å². The number of amides is 3. The largest absolute Gasteiger partial charge is 0.354 e. The lowest BCUT2D eigenvalue weighted by molar-refractivity contribution is -0.121. The van der Waals surface area contributed by atoms with E-state index < -0.39 is 0 Å². The van der Waals surface area contributed by atoms with Crippen LogP contribution in [0, 0.1) is 5.92 Å². The van der Waals surface area contributed by atoms with Crippen molar-refractivity contribution >= 4 is 17.7 Å². The van der Waals surface area contributed by atoms with E-state index in [1.165, 1.54) is 11.3 Å². The summed E-state index contributed by atoms with van der Waals surface area (Å²) in [6, 6.07) is 7.00. The first kappa shape index (κ1) is 19.2. The van der Waals surface area contributed by atoms with Crippen LogP contribution in [0.1, 0.15) is 73.6 Å². The average molecular weight is 344 g/mol. The lowest BCUT2D eigenvalue weighted by atomic mass is 10.0. The average Bonchev–Trinajstić information content (AvgIpc) is 2.80. The van der Waals surface area contributed by atoms with E-state index in [1.54, 1.807) is 24.3 Å². The Morgan fingerprint density at radius 3 is 2.16 bits per heavy atom. The second-order valence-corrected chi connectivity index (χ2v) is 7.20. The minimum atomic E-state index is -0.261. The molecule has 1 aromatic rings. The molecule has 1 aliphatic rings. The van der Waals surface area contributed by atoms with E-state index >= 15 is 0 Å². The third-order valence-corrected chi connectivity index (χ3v) is 4.49. The quantitative estimate of drug-likeness (QED) is 0.698. The van der Waals surface area contributed by atoms with Gasteiger partial charge in [-0.25, -0.2) is 0 Å². The normalized spacial score (nSPS) is 14.8. The van der Waals surface area contributed by atoms with Gasteiger partial charge in [-0.3, -0.25) is 19.3 Å². The number of nitrogens with one attached hydrogen (secondary N) is 1. The van der Waals surface area contributed by atoms with Crippen molar-refractivity contribution in [3.8, 4) is 0 Å². The van der Waals surface area contributed by atoms with E-state index in [0.717, 1.165) is 12.8 Å². The van der Waals surface area contributed by atoms with Gasteiger partial charge in [0, 0.05) is 19.0 Å². The van der Waals surface area contributed by atoms with Crippen molar-refractivity contribution < 1.29 is 14.4 Å². The second-order valence-electron chi connectivity index (χ2n) is 7.20. The zero-order chi connectivity index (χ0) is 18.4. The Bertz CT molecular complexity index is 605. The Labute approximate surface area is 149 Å². The summed E-state index contributed by atoms with van der Waals surface area (Å²) < 4.78 is 0. The molecular formula is C20H28N2O3. The summed E-state index contributed by atoms with van der Waals surface area (Å²) in [5.74, 6) is 0.141. The van der Waals surface area contributed by atoms with Gasteiger partial charge in [-0.1, -0.05) is 38.8 Å². The predicted octanol–water partition coefficient (Wildman–Crippen LogP) is 3.39. The fourth-order valence-electron chi connectivity index (χ4n) is 3.09. The summed E-state index contributed by atoms with van der Waals surface area (Å²) in [5, 5.41) is 2.99. The molecule has 5 nitrogen and oxygen atoms in total. The molecule has 0 aromatic heterocycles. The number of hydrogen-bond donors (Lipinski definition) is 1. The molecule has 0 fully saturated rings. The molecule has 0 radical (unpaired) electrons. The van der Waals surface area contributed by atoms with E-state index in [1.807, 2.05) is 6.92 Å². The molecule has 0 saturated heterocycles. The van der Waals surface area contributed by atoms with Gasteiger partial charge in [-0.05, 0) is 37.8 Å². The number of benzene rings is 1. The third kappa shape index (κ3) is 5.15. The maximum Gasteiger partial charge on any atom is 0.261 e. The molecule has 136 valence electrons. The van der Waals surface area contributed by atoms with Crippen molar-refractivity contribution in [3.63, 3.8) is 0 Å². The third-order valence-electron chi connectivity index (χ3n) is 4.49. The Hall–Kier alpha value is -2.17. The van der Waals surface area contributed by atoms with Crippen LogP contribution in [0.5, 0.6) is 0 Å². The minimum Gasteiger partial charge on any atom is -0.354 e. The molecule has 1 atom stereocenters. The molecule has 0 bridgehead atoms. The van der Waals surface area contributed by atoms with E-state index in [2.05, 4.69) is 19.2 Å². The van der Waals surface area contributed by atoms with Crippen molar-refractivity contribution in [2.24, 2.45) is 5.92 Å². The number of carbonyl (C=O) groups excluding carboxylic acids is 3. The van der Waals surface area contributed by atoms with E-state index in [0.29, 0.717) is 29.9 Å². The standard InChI is InChI=1S/C20H28N2O3/c1-14(2)8-6-9-15(3)21-18(23)12-7-13-22-19(24)16-10-4-5-11-17(16)20(22)25/h4-5,10-11,14-15H,6-9,12-13H2,1-3H3,(H,21,23)/t15-/m0/s1. The van der Waals surface area contributed by atoms with Gasteiger partial charge >= 0.3 is 0 Å². The number of nitrogens with zero attached hydrogens (tertiary/aromatic N) is 1. The SMILES string of the molecule is CC(C)CCC[C@H](C)NC(=O)CCCN1C(=O)c2ccccc2C1=O. The van der Waals surface area contributed by atoms with Crippen LogP contribution in [0.15, 0.2) is 24.3 Å². The van der Waals surface area contributed by atoms with Crippen molar-refractivity contribution in [2.75, 3.05) is 6.54 Å². The second kappa shape index (κ2) is 8.79. The predicted molar refractivity (Wildman–Crippen MR) is 97.3 cm³/mol. The first-order valence-electron chi connectivity index (χ1n) is 9.14. The van der Waals surface area contributed by atoms with Gasteiger partial charge in [-0.2, -0.15) is 0 Å². The van der Waals surface area contributed by atoms with Crippen molar-refractivity contribution in [2.45, 2.75) is 58.9 Å². The Balaban J connectivity index is 1.71. The number of rotatable bonds is 9. The summed E-state index contributed by atoms with van der Waals surface area (Å²) in [6.45, 7) is 6.69. The summed E-state index contributed by atoms with van der Waals surface area (Å²) in [5.41, 5.74) is 0.909. The molecule has 0 saturated carbocycles. The lowest BCUT2D eigenvalue weighted by Crippen LogP contribution is -2.34. The molecule has 1 aromatic carbocycles. The van der Waals surface area contributed by atoms with Crippen LogP contribution in [0.2, 0.25) is 0 Å². The maximum atomic E-state index is 12.2. The maximum absolute atomic E-state index is 12.2. The van der Waals surface area contributed by atoms with E-state index in [-0.39, 0.29) is 30.3 Å². The zero-order valence-electron chi connectivity index (χ0n) is 15.4. The van der Waals surface area contributed by atoms with Gasteiger partial charge in [0.15, 0.2) is 0 Å². The number of fused-ring (bicyclic) bond motifs is 1. The lowest BCUT2D eigenvalue weighted by Gasteiger charge is -2.16. The van der Waals surface area contributed by atoms with E-state index in [9.17, 15) is 14.4 Å². The van der Waals surface area contributed by atoms with Gasteiger partial charge in [0.1, 0.15) is 0 Å². The van der Waals surface area contributed by atoms with Gasteiger partial charge in [-0.15, -0.1) is 0 Å². The first-order chi connectivity index (χ1) is 11.9. The molecule has 3 amide bonds. The van der Waals surface area contributed by atoms with Gasteiger partial charge < -0.3 is 5.32 Å². The summed E-state index contributed by atoms with van der Waals surface area (Å²) in [7, 11) is 0. The molecule has 0 spiro atoms. The monoisotopic (exact) mass is 344 g/mol. The number of hydrogen-bond acceptors (Lipinski definition) is 3. The summed E-state index contributed by atoms with van der Waals surface area (Å²) in [6.07, 6.45) is 4.05. The highest BCUT2D eigenvalue weighted by atomic mass is 16.2. The Morgan fingerprint density at radius 2 is 1.60 bits per heavy atom. The molecule has 1 N–H and O–H groups in total. The number of imide groups is 1. The van der Waals surface area contributed by atoms with Gasteiger partial charge in [0.05, 0.1) is 11.1 Å². The van der Waals surface area contributed by atoms with Crippen LogP contribution < -0.4 is 5.32 Å². The van der Waals surface area contributed by atoms with Crippen LogP contribution >= 0.6 is 0 Å². The van der Waals surface area contributed by atoms with Crippen LogP contribution in [-0.4, -0.2) is 35.2 Å². The highest BCUT2D eigenvalue weighted by Crippen LogP contribution is 2.22. The van der Waals surface area contributed by atoms with Crippen molar-refractivity contribution in [3.05, 3.63) is 35.4 Å². The van der Waals surface area contributed by atoms with Crippen LogP contribution in [0.3, 0.4) is 0 Å². The molecule has 0 unspecified atom stereocenters. The van der Waals surface area contributed by atoms with Crippen LogP contribution in [-0.2, 0) is 4.79 Å². The molecular weight excluding hydrogens is 316 g/mol. The molecule has 5 heteroatoms. The molecule has 1 heterocycles. The summed E-state index contributed by atoms with van der Waals surface area (Å²) >= 11 is 0. The Morgan fingerprint density at radius 1 is 1.00 bits per heavy atom. The molecule has 2 rings (SSSR count). The zero-order valence-corrected chi connectivity index (χ0v) is 15.4. The topological polar surface area (TPSA) is 66.5 Å². The fraction of sp³-hybridized carbons (Fsp3) is 0.550. The minimum absolute atomic E-state index is 0.0198. The highest BCUT2D eigenvalue weighted by Gasteiger charge is 2.34. The van der Waals surface area contributed by atoms with E-state index in [4.69, 9.17) is 0 Å². The Kier molecular flexibility index (Phi) is 6.73. The summed E-state index contributed by atoms with van der Waals surface area (Å²) in [4.78, 5) is 37.7. The molecule has 0 aliphatic carbocycles. The van der Waals surface area contributed by atoms with Crippen LogP contribution in [0.25, 0.3) is 0 Å². The van der Waals surface area contributed by atoms with Gasteiger partial charge in [0.2, 0.25) is 5.91 Å². The van der Waals surface area contributed by atoms with Crippen molar-refractivity contribution in [1.29, 1.82) is 0 Å². The highest BCUT2D eigenvalue weighted by molar-refractivity contribution is 6.21. The fourth-order valence-corrected chi connectivity index (χ4v) is 3.09. The van der Waals surface area contributed by atoms with Crippen LogP contribution in [0.4, 0.5) is 0 Å². The smallest absolute Gasteiger partial charge is 0.261 e. The van der Waals surface area contributed by atoms with Crippen molar-refractivity contribution in [1.82, 2.24) is 10.2 Å².